The van der Waals surface area contributed by atoms with Gasteiger partial charge in [-0.3, -0.25) is 0 Å². The second-order valence-electron chi connectivity index (χ2n) is 4.14. The van der Waals surface area contributed by atoms with Crippen molar-refractivity contribution in [1.82, 2.24) is 4.90 Å². The van der Waals surface area contributed by atoms with Gasteiger partial charge in [0.15, 0.2) is 0 Å². The molecule has 0 aliphatic carbocycles. The van der Waals surface area contributed by atoms with E-state index in [4.69, 9.17) is 5.73 Å². The average molecular weight is 300 g/mol. The van der Waals surface area contributed by atoms with E-state index in [-0.39, 0.29) is 0 Å². The van der Waals surface area contributed by atoms with E-state index in [1.165, 1.54) is 0 Å². The maximum atomic E-state index is 5.84. The first-order valence-electron chi connectivity index (χ1n) is 6.10. The van der Waals surface area contributed by atoms with Crippen LogP contribution >= 0.6 is 15.9 Å². The minimum Gasteiger partial charge on any atom is -0.398 e. The van der Waals surface area contributed by atoms with Crippen molar-refractivity contribution in [3.8, 4) is 0 Å². The van der Waals surface area contributed by atoms with Crippen molar-refractivity contribution in [2.75, 3.05) is 37.2 Å². The molecule has 0 saturated carbocycles. The molecule has 3 nitrogen and oxygen atoms in total. The molecule has 4 heteroatoms. The third kappa shape index (κ3) is 4.21. The van der Waals surface area contributed by atoms with Crippen molar-refractivity contribution in [2.45, 2.75) is 20.8 Å². The molecule has 3 N–H and O–H groups in total. The highest BCUT2D eigenvalue weighted by Gasteiger charge is 2.04. The number of halogens is 1. The molecule has 0 fully saturated rings. The molecule has 1 aromatic carbocycles. The van der Waals surface area contributed by atoms with Crippen molar-refractivity contribution < 1.29 is 0 Å². The SMILES string of the molecule is CCN(CC)CCNc1cc(C)c(N)cc1Br. The van der Waals surface area contributed by atoms with Gasteiger partial charge in [0.1, 0.15) is 0 Å². The lowest BCUT2D eigenvalue weighted by atomic mass is 10.2. The number of rotatable bonds is 6. The van der Waals surface area contributed by atoms with Crippen molar-refractivity contribution in [3.63, 3.8) is 0 Å². The molecule has 0 saturated heterocycles. The van der Waals surface area contributed by atoms with Crippen LogP contribution in [0.1, 0.15) is 19.4 Å². The van der Waals surface area contributed by atoms with Gasteiger partial charge in [0.05, 0.1) is 0 Å². The van der Waals surface area contributed by atoms with Crippen LogP contribution in [0.15, 0.2) is 16.6 Å². The maximum Gasteiger partial charge on any atom is 0.0489 e. The summed E-state index contributed by atoms with van der Waals surface area (Å²) in [6.07, 6.45) is 0. The highest BCUT2D eigenvalue weighted by atomic mass is 79.9. The van der Waals surface area contributed by atoms with Gasteiger partial charge in [0.2, 0.25) is 0 Å². The predicted molar refractivity (Wildman–Crippen MR) is 79.6 cm³/mol. The lowest BCUT2D eigenvalue weighted by Gasteiger charge is -2.19. The van der Waals surface area contributed by atoms with Crippen LogP contribution < -0.4 is 11.1 Å². The Bertz CT molecular complexity index is 362. The number of aryl methyl sites for hydroxylation is 1. The Kier molecular flexibility index (Phi) is 5.78. The van der Waals surface area contributed by atoms with Crippen molar-refractivity contribution in [3.05, 3.63) is 22.2 Å². The largest absolute Gasteiger partial charge is 0.398 e. The number of nitrogens with two attached hydrogens (primary N) is 1. The molecular weight excluding hydrogens is 278 g/mol. The summed E-state index contributed by atoms with van der Waals surface area (Å²) in [5, 5.41) is 3.44. The lowest BCUT2D eigenvalue weighted by molar-refractivity contribution is 0.316. The lowest BCUT2D eigenvalue weighted by Crippen LogP contribution is -2.28. The average Bonchev–Trinajstić information content (AvgIpc) is 2.31. The van der Waals surface area contributed by atoms with E-state index in [1.807, 2.05) is 13.0 Å². The highest BCUT2D eigenvalue weighted by Crippen LogP contribution is 2.27. The maximum absolute atomic E-state index is 5.84. The summed E-state index contributed by atoms with van der Waals surface area (Å²) >= 11 is 3.53. The first-order valence-corrected chi connectivity index (χ1v) is 6.89. The van der Waals surface area contributed by atoms with Crippen LogP contribution in [-0.2, 0) is 0 Å². The minimum absolute atomic E-state index is 0.825. The van der Waals surface area contributed by atoms with Gasteiger partial charge in [0.25, 0.3) is 0 Å². The summed E-state index contributed by atoms with van der Waals surface area (Å²) in [4.78, 5) is 2.39. The molecule has 17 heavy (non-hydrogen) atoms. The van der Waals surface area contributed by atoms with Crippen molar-refractivity contribution >= 4 is 27.3 Å². The zero-order valence-corrected chi connectivity index (χ0v) is 12.5. The van der Waals surface area contributed by atoms with Crippen molar-refractivity contribution in [2.24, 2.45) is 0 Å². The number of anilines is 2. The molecule has 1 rings (SSSR count). The number of nitrogens with zero attached hydrogens (tertiary/aromatic N) is 1. The van der Waals surface area contributed by atoms with Gasteiger partial charge in [0, 0.05) is 28.9 Å². The zero-order chi connectivity index (χ0) is 12.8. The fourth-order valence-electron chi connectivity index (χ4n) is 1.72. The van der Waals surface area contributed by atoms with E-state index in [2.05, 4.69) is 46.1 Å². The smallest absolute Gasteiger partial charge is 0.0489 e. The van der Waals surface area contributed by atoms with E-state index < -0.39 is 0 Å². The number of likely N-dealkylation sites (N-methyl/N-ethyl adjacent to an activating group) is 1. The molecule has 0 atom stereocenters. The Balaban J connectivity index is 2.55. The van der Waals surface area contributed by atoms with E-state index in [1.54, 1.807) is 0 Å². The molecule has 0 amide bonds. The Morgan fingerprint density at radius 2 is 1.94 bits per heavy atom. The summed E-state index contributed by atoms with van der Waals surface area (Å²) in [5.41, 5.74) is 8.89. The Hall–Kier alpha value is -0.740. The monoisotopic (exact) mass is 299 g/mol. The zero-order valence-electron chi connectivity index (χ0n) is 10.9. The molecule has 0 unspecified atom stereocenters. The molecule has 0 bridgehead atoms. The molecular formula is C13H22BrN3. The van der Waals surface area contributed by atoms with Crippen LogP contribution in [0.3, 0.4) is 0 Å². The first kappa shape index (κ1) is 14.3. The van der Waals surface area contributed by atoms with E-state index in [0.717, 1.165) is 47.6 Å². The Labute approximate surface area is 113 Å². The summed E-state index contributed by atoms with van der Waals surface area (Å²) in [6, 6.07) is 4.04. The Morgan fingerprint density at radius 1 is 1.29 bits per heavy atom. The first-order chi connectivity index (χ1) is 8.08. The normalized spacial score (nSPS) is 10.9. The third-order valence-corrected chi connectivity index (χ3v) is 3.65. The van der Waals surface area contributed by atoms with Gasteiger partial charge < -0.3 is 16.0 Å². The minimum atomic E-state index is 0.825. The summed E-state index contributed by atoms with van der Waals surface area (Å²) in [6.45, 7) is 10.6. The van der Waals surface area contributed by atoms with Gasteiger partial charge in [-0.1, -0.05) is 13.8 Å². The molecule has 0 heterocycles. The fourth-order valence-corrected chi connectivity index (χ4v) is 2.22. The van der Waals surface area contributed by atoms with Crippen LogP contribution in [0.4, 0.5) is 11.4 Å². The topological polar surface area (TPSA) is 41.3 Å². The summed E-state index contributed by atoms with van der Waals surface area (Å²) in [5.74, 6) is 0. The van der Waals surface area contributed by atoms with Crippen LogP contribution in [0.2, 0.25) is 0 Å². The number of hydrogen-bond donors (Lipinski definition) is 2. The van der Waals surface area contributed by atoms with Gasteiger partial charge in [-0.15, -0.1) is 0 Å². The number of benzene rings is 1. The number of hydrogen-bond acceptors (Lipinski definition) is 3. The van der Waals surface area contributed by atoms with Crippen LogP contribution in [0, 0.1) is 6.92 Å². The van der Waals surface area contributed by atoms with Crippen LogP contribution in [-0.4, -0.2) is 31.1 Å². The molecule has 0 radical (unpaired) electrons. The summed E-state index contributed by atoms with van der Waals surface area (Å²) in [7, 11) is 0. The quantitative estimate of drug-likeness (QED) is 0.793. The van der Waals surface area contributed by atoms with Gasteiger partial charge in [-0.2, -0.15) is 0 Å². The molecule has 1 aromatic rings. The molecule has 0 spiro atoms. The standard InChI is InChI=1S/C13H22BrN3/c1-4-17(5-2)7-6-16-13-8-10(3)12(15)9-11(13)14/h8-9,16H,4-7,15H2,1-3H3. The van der Waals surface area contributed by atoms with Crippen LogP contribution in [0.25, 0.3) is 0 Å². The fraction of sp³-hybridized carbons (Fsp3) is 0.538. The number of nitrogen functional groups attached to an aromatic ring is 1. The Morgan fingerprint density at radius 3 is 2.53 bits per heavy atom. The van der Waals surface area contributed by atoms with Crippen molar-refractivity contribution in [1.29, 1.82) is 0 Å². The van der Waals surface area contributed by atoms with E-state index in [9.17, 15) is 0 Å². The highest BCUT2D eigenvalue weighted by molar-refractivity contribution is 9.10. The van der Waals surface area contributed by atoms with E-state index >= 15 is 0 Å². The van der Waals surface area contributed by atoms with Gasteiger partial charge in [-0.05, 0) is 53.6 Å². The summed E-state index contributed by atoms with van der Waals surface area (Å²) < 4.78 is 1.03. The van der Waals surface area contributed by atoms with E-state index in [0.29, 0.717) is 0 Å². The third-order valence-electron chi connectivity index (χ3n) is 2.99. The number of nitrogens with one attached hydrogen (secondary N) is 1. The molecule has 0 aromatic heterocycles. The molecule has 0 aliphatic rings. The molecule has 96 valence electrons. The second kappa shape index (κ2) is 6.87. The second-order valence-corrected chi connectivity index (χ2v) is 5.00. The van der Waals surface area contributed by atoms with Gasteiger partial charge >= 0.3 is 0 Å². The molecule has 0 aliphatic heterocycles. The predicted octanol–water partition coefficient (Wildman–Crippen LogP) is 3.09. The van der Waals surface area contributed by atoms with Crippen LogP contribution in [0.5, 0.6) is 0 Å². The van der Waals surface area contributed by atoms with Gasteiger partial charge in [-0.25, -0.2) is 0 Å².